The SMILES string of the molecule is COc1cc(CN(C)C(=O)c2cc(-c3ccccc3F)nc3onc(C)c23)ccc1OC(F)F. The highest BCUT2D eigenvalue weighted by molar-refractivity contribution is 6.06. The number of nitrogens with zero attached hydrogens (tertiary/aromatic N) is 3. The molecule has 2 heterocycles. The Labute approximate surface area is 192 Å². The van der Waals surface area contributed by atoms with E-state index in [0.29, 0.717) is 16.6 Å². The van der Waals surface area contributed by atoms with Crippen LogP contribution in [0.5, 0.6) is 11.5 Å². The second kappa shape index (κ2) is 9.42. The van der Waals surface area contributed by atoms with Crippen LogP contribution in [0.2, 0.25) is 0 Å². The highest BCUT2D eigenvalue weighted by atomic mass is 19.3. The number of fused-ring (bicyclic) bond motifs is 1. The number of halogens is 3. The van der Waals surface area contributed by atoms with Gasteiger partial charge in [-0.1, -0.05) is 23.4 Å². The maximum absolute atomic E-state index is 14.4. The fraction of sp³-hybridized carbons (Fsp3) is 0.208. The van der Waals surface area contributed by atoms with E-state index < -0.39 is 12.4 Å². The van der Waals surface area contributed by atoms with Gasteiger partial charge in [-0.2, -0.15) is 8.78 Å². The van der Waals surface area contributed by atoms with Gasteiger partial charge >= 0.3 is 6.61 Å². The van der Waals surface area contributed by atoms with Gasteiger partial charge in [0.1, 0.15) is 5.82 Å². The van der Waals surface area contributed by atoms with Crippen LogP contribution in [0.4, 0.5) is 13.2 Å². The molecule has 0 aliphatic carbocycles. The third-order valence-electron chi connectivity index (χ3n) is 5.21. The highest BCUT2D eigenvalue weighted by Crippen LogP contribution is 2.31. The van der Waals surface area contributed by atoms with Gasteiger partial charge in [0.15, 0.2) is 11.5 Å². The monoisotopic (exact) mass is 471 g/mol. The first-order valence-electron chi connectivity index (χ1n) is 10.2. The van der Waals surface area contributed by atoms with Crippen molar-refractivity contribution in [2.75, 3.05) is 14.2 Å². The molecule has 0 bridgehead atoms. The molecule has 0 saturated carbocycles. The van der Waals surface area contributed by atoms with Crippen molar-refractivity contribution in [3.05, 3.63) is 71.2 Å². The molecule has 4 aromatic rings. The lowest BCUT2D eigenvalue weighted by Gasteiger charge is -2.19. The van der Waals surface area contributed by atoms with E-state index in [2.05, 4.69) is 14.9 Å². The number of alkyl halides is 2. The third-order valence-corrected chi connectivity index (χ3v) is 5.21. The Hall–Kier alpha value is -4.08. The van der Waals surface area contributed by atoms with E-state index in [4.69, 9.17) is 9.26 Å². The van der Waals surface area contributed by atoms with Crippen molar-refractivity contribution in [2.24, 2.45) is 0 Å². The first-order valence-corrected chi connectivity index (χ1v) is 10.2. The number of amides is 1. The number of ether oxygens (including phenoxy) is 2. The summed E-state index contributed by atoms with van der Waals surface area (Å²) in [5, 5.41) is 4.33. The van der Waals surface area contributed by atoms with Crippen molar-refractivity contribution in [3.63, 3.8) is 0 Å². The van der Waals surface area contributed by atoms with Crippen molar-refractivity contribution in [1.29, 1.82) is 0 Å². The molecule has 0 fully saturated rings. The Kier molecular flexibility index (Phi) is 6.40. The normalized spacial score (nSPS) is 11.1. The summed E-state index contributed by atoms with van der Waals surface area (Å²) in [5.74, 6) is -0.874. The fourth-order valence-corrected chi connectivity index (χ4v) is 3.63. The molecular weight excluding hydrogens is 451 g/mol. The Balaban J connectivity index is 1.68. The van der Waals surface area contributed by atoms with Crippen LogP contribution in [0.15, 0.2) is 53.1 Å². The summed E-state index contributed by atoms with van der Waals surface area (Å²) in [6.07, 6.45) is 0. The number of carbonyl (C=O) groups excluding carboxylic acids is 1. The molecule has 2 aromatic heterocycles. The Bertz CT molecular complexity index is 1360. The standard InChI is InChI=1S/C24H20F3N3O4/c1-13-21-16(11-18(28-22(21)34-29-13)15-6-4-5-7-17(15)25)23(31)30(2)12-14-8-9-19(33-24(26)27)20(10-14)32-3/h4-11,24H,12H2,1-3H3. The zero-order valence-corrected chi connectivity index (χ0v) is 18.5. The van der Waals surface area contributed by atoms with Gasteiger partial charge in [0.25, 0.3) is 11.6 Å². The average molecular weight is 471 g/mol. The topological polar surface area (TPSA) is 77.7 Å². The van der Waals surface area contributed by atoms with E-state index in [1.54, 1.807) is 38.2 Å². The van der Waals surface area contributed by atoms with E-state index in [0.717, 1.165) is 0 Å². The van der Waals surface area contributed by atoms with Crippen molar-refractivity contribution in [2.45, 2.75) is 20.1 Å². The molecule has 10 heteroatoms. The quantitative estimate of drug-likeness (QED) is 0.368. The number of methoxy groups -OCH3 is 1. The van der Waals surface area contributed by atoms with Gasteiger partial charge in [0.2, 0.25) is 0 Å². The van der Waals surface area contributed by atoms with Gasteiger partial charge in [-0.3, -0.25) is 4.79 Å². The molecular formula is C24H20F3N3O4. The van der Waals surface area contributed by atoms with E-state index in [9.17, 15) is 18.0 Å². The van der Waals surface area contributed by atoms with E-state index in [-0.39, 0.29) is 46.5 Å². The number of pyridine rings is 1. The first-order chi connectivity index (χ1) is 16.3. The Morgan fingerprint density at radius 3 is 2.62 bits per heavy atom. The van der Waals surface area contributed by atoms with Gasteiger partial charge in [-0.15, -0.1) is 0 Å². The molecule has 0 radical (unpaired) electrons. The molecule has 0 atom stereocenters. The molecule has 34 heavy (non-hydrogen) atoms. The number of rotatable bonds is 7. The lowest BCUT2D eigenvalue weighted by molar-refractivity contribution is -0.0512. The maximum Gasteiger partial charge on any atom is 0.387 e. The van der Waals surface area contributed by atoms with Crippen LogP contribution in [0.25, 0.3) is 22.4 Å². The van der Waals surface area contributed by atoms with Gasteiger partial charge in [-0.05, 0) is 42.8 Å². The number of benzene rings is 2. The van der Waals surface area contributed by atoms with Crippen LogP contribution in [0.3, 0.4) is 0 Å². The fourth-order valence-electron chi connectivity index (χ4n) is 3.63. The van der Waals surface area contributed by atoms with Gasteiger partial charge in [0, 0.05) is 19.2 Å². The summed E-state index contributed by atoms with van der Waals surface area (Å²) < 4.78 is 54.4. The minimum atomic E-state index is -2.99. The molecule has 0 N–H and O–H groups in total. The van der Waals surface area contributed by atoms with Gasteiger partial charge in [0.05, 0.1) is 29.4 Å². The number of hydrogen-bond acceptors (Lipinski definition) is 6. The van der Waals surface area contributed by atoms with Crippen molar-refractivity contribution < 1.29 is 32.0 Å². The minimum Gasteiger partial charge on any atom is -0.493 e. The lowest BCUT2D eigenvalue weighted by Crippen LogP contribution is -2.26. The van der Waals surface area contributed by atoms with Crippen LogP contribution in [0.1, 0.15) is 21.6 Å². The van der Waals surface area contributed by atoms with Crippen LogP contribution in [0, 0.1) is 12.7 Å². The second-order valence-electron chi connectivity index (χ2n) is 7.51. The largest absolute Gasteiger partial charge is 0.493 e. The molecule has 0 aliphatic heterocycles. The van der Waals surface area contributed by atoms with Crippen molar-refractivity contribution in [3.8, 4) is 22.8 Å². The van der Waals surface area contributed by atoms with E-state index >= 15 is 0 Å². The summed E-state index contributed by atoms with van der Waals surface area (Å²) >= 11 is 0. The molecule has 7 nitrogen and oxygen atoms in total. The van der Waals surface area contributed by atoms with Crippen LogP contribution >= 0.6 is 0 Å². The summed E-state index contributed by atoms with van der Waals surface area (Å²) in [4.78, 5) is 19.2. The minimum absolute atomic E-state index is 0.110. The first kappa shape index (κ1) is 23.1. The molecule has 2 aromatic carbocycles. The Morgan fingerprint density at radius 1 is 1.15 bits per heavy atom. The molecule has 0 aliphatic rings. The van der Waals surface area contributed by atoms with Crippen LogP contribution in [-0.4, -0.2) is 41.7 Å². The number of hydrogen-bond donors (Lipinski definition) is 0. The van der Waals surface area contributed by atoms with Crippen LogP contribution in [-0.2, 0) is 6.54 Å². The zero-order chi connectivity index (χ0) is 24.4. The molecule has 0 unspecified atom stereocenters. The Morgan fingerprint density at radius 2 is 1.91 bits per heavy atom. The number of aryl methyl sites for hydroxylation is 1. The molecule has 1 amide bonds. The van der Waals surface area contributed by atoms with Crippen LogP contribution < -0.4 is 9.47 Å². The summed E-state index contributed by atoms with van der Waals surface area (Å²) in [5.41, 5.74) is 1.90. The predicted octanol–water partition coefficient (Wildman–Crippen LogP) is 5.22. The second-order valence-corrected chi connectivity index (χ2v) is 7.51. The summed E-state index contributed by atoms with van der Waals surface area (Å²) in [6, 6.07) is 12.0. The average Bonchev–Trinajstić information content (AvgIpc) is 3.19. The molecule has 0 spiro atoms. The lowest BCUT2D eigenvalue weighted by atomic mass is 10.0. The highest BCUT2D eigenvalue weighted by Gasteiger charge is 2.23. The zero-order valence-electron chi connectivity index (χ0n) is 18.5. The number of aromatic nitrogens is 2. The number of carbonyl (C=O) groups is 1. The van der Waals surface area contributed by atoms with E-state index in [1.807, 2.05) is 0 Å². The molecule has 4 rings (SSSR count). The smallest absolute Gasteiger partial charge is 0.387 e. The predicted molar refractivity (Wildman–Crippen MR) is 117 cm³/mol. The summed E-state index contributed by atoms with van der Waals surface area (Å²) in [6.45, 7) is -1.18. The van der Waals surface area contributed by atoms with E-state index in [1.165, 1.54) is 36.3 Å². The van der Waals surface area contributed by atoms with Gasteiger partial charge < -0.3 is 18.9 Å². The molecule has 0 saturated heterocycles. The maximum atomic E-state index is 14.4. The van der Waals surface area contributed by atoms with Crippen molar-refractivity contribution in [1.82, 2.24) is 15.0 Å². The van der Waals surface area contributed by atoms with Gasteiger partial charge in [-0.25, -0.2) is 9.37 Å². The third kappa shape index (κ3) is 4.52. The molecule has 176 valence electrons. The summed E-state index contributed by atoms with van der Waals surface area (Å²) in [7, 11) is 2.91. The van der Waals surface area contributed by atoms with Crippen molar-refractivity contribution >= 4 is 17.0 Å².